The van der Waals surface area contributed by atoms with E-state index in [0.717, 1.165) is 19.3 Å². The third kappa shape index (κ3) is 14.6. The van der Waals surface area contributed by atoms with Crippen molar-refractivity contribution in [3.05, 3.63) is 0 Å². The topological polar surface area (TPSA) is 20.2 Å². The molecule has 0 aliphatic heterocycles. The molecule has 1 nitrogen and oxygen atoms in total. The van der Waals surface area contributed by atoms with Gasteiger partial charge >= 0.3 is 0 Å². The van der Waals surface area contributed by atoms with Gasteiger partial charge in [0, 0.05) is 12.8 Å². The first kappa shape index (κ1) is 17.6. The lowest BCUT2D eigenvalue weighted by Gasteiger charge is -2.00. The van der Waals surface area contributed by atoms with Gasteiger partial charge in [-0.2, -0.15) is 0 Å². The van der Waals surface area contributed by atoms with E-state index >= 15 is 0 Å². The van der Waals surface area contributed by atoms with Crippen molar-refractivity contribution in [1.82, 2.24) is 0 Å². The molecule has 0 aromatic rings. The zero-order valence-corrected chi connectivity index (χ0v) is 12.0. The van der Waals surface area contributed by atoms with Crippen molar-refractivity contribution in [2.45, 2.75) is 76.7 Å². The molecule has 104 valence electrons. The summed E-state index contributed by atoms with van der Waals surface area (Å²) in [4.78, 5) is 0. The predicted octanol–water partition coefficient (Wildman–Crippen LogP) is 3.91. The highest BCUT2D eigenvalue weighted by Crippen LogP contribution is 2.10. The van der Waals surface area contributed by atoms with Crippen LogP contribution in [0.1, 0.15) is 70.6 Å². The largest absolute Gasteiger partial charge is 0.369 e. The molecule has 0 heterocycles. The fourth-order valence-electron chi connectivity index (χ4n) is 1.89. The second-order valence-electron chi connectivity index (χ2n) is 4.78. The van der Waals surface area contributed by atoms with Gasteiger partial charge in [-0.25, -0.2) is 0 Å². The molecule has 1 N–H and O–H groups in total. The van der Waals surface area contributed by atoms with Gasteiger partial charge in [0.2, 0.25) is 0 Å². The average Bonchev–Trinajstić information content (AvgIpc) is 2.43. The Morgan fingerprint density at radius 2 is 1.21 bits per heavy atom. The van der Waals surface area contributed by atoms with Crippen LogP contribution in [-0.4, -0.2) is 11.2 Å². The van der Waals surface area contributed by atoms with Gasteiger partial charge in [0.1, 0.15) is 0 Å². The summed E-state index contributed by atoms with van der Waals surface area (Å²) in [6.07, 6.45) is 22.4. The second-order valence-corrected chi connectivity index (χ2v) is 4.78. The van der Waals surface area contributed by atoms with Gasteiger partial charge < -0.3 is 5.11 Å². The molecule has 0 saturated heterocycles. The van der Waals surface area contributed by atoms with Gasteiger partial charge in [0.25, 0.3) is 0 Å². The summed E-state index contributed by atoms with van der Waals surface area (Å²) in [7, 11) is 0. The molecule has 1 atom stereocenters. The van der Waals surface area contributed by atoms with Crippen molar-refractivity contribution >= 4 is 0 Å². The van der Waals surface area contributed by atoms with E-state index in [0.29, 0.717) is 0 Å². The standard InChI is InChI=1S/C18H26O/c1-3-5-6-7-8-9-10-11-12-13-14-15-16-17-18(19)4-2/h1-2,18-19H,5-15H2/t18-/m0/s1. The molecule has 0 amide bonds. The van der Waals surface area contributed by atoms with Crippen molar-refractivity contribution in [3.63, 3.8) is 0 Å². The zero-order chi connectivity index (χ0) is 14.2. The SMILES string of the molecule is C#CCCCCCCCCCCCC#C[C@@H](O)C#C. The molecular weight excluding hydrogens is 232 g/mol. The lowest BCUT2D eigenvalue weighted by molar-refractivity contribution is 0.289. The fraction of sp³-hybridized carbons (Fsp3) is 0.667. The predicted molar refractivity (Wildman–Crippen MR) is 82.2 cm³/mol. The third-order valence-corrected chi connectivity index (χ3v) is 3.02. The minimum absolute atomic E-state index is 0.838. The molecule has 0 aliphatic rings. The van der Waals surface area contributed by atoms with Crippen LogP contribution in [0.3, 0.4) is 0 Å². The van der Waals surface area contributed by atoms with Crippen molar-refractivity contribution in [2.75, 3.05) is 0 Å². The molecule has 0 unspecified atom stereocenters. The minimum atomic E-state index is -0.894. The van der Waals surface area contributed by atoms with Crippen LogP contribution in [0.15, 0.2) is 0 Å². The average molecular weight is 258 g/mol. The Morgan fingerprint density at radius 1 is 0.737 bits per heavy atom. The van der Waals surface area contributed by atoms with Crippen LogP contribution in [0, 0.1) is 36.5 Å². The molecule has 0 aromatic carbocycles. The molecule has 0 fully saturated rings. The highest BCUT2D eigenvalue weighted by atomic mass is 16.3. The maximum absolute atomic E-state index is 9.01. The Morgan fingerprint density at radius 3 is 1.68 bits per heavy atom. The van der Waals surface area contributed by atoms with Crippen LogP contribution in [0.4, 0.5) is 0 Å². The Bertz CT molecular complexity index is 331. The van der Waals surface area contributed by atoms with Crippen LogP contribution in [0.5, 0.6) is 0 Å². The minimum Gasteiger partial charge on any atom is -0.369 e. The van der Waals surface area contributed by atoms with Crippen LogP contribution in [0.25, 0.3) is 0 Å². The summed E-state index contributed by atoms with van der Waals surface area (Å²) in [5, 5.41) is 9.01. The van der Waals surface area contributed by atoms with Gasteiger partial charge in [-0.05, 0) is 12.8 Å². The van der Waals surface area contributed by atoms with Gasteiger partial charge in [-0.3, -0.25) is 0 Å². The van der Waals surface area contributed by atoms with Crippen molar-refractivity contribution in [3.8, 4) is 36.5 Å². The maximum atomic E-state index is 9.01. The van der Waals surface area contributed by atoms with Crippen molar-refractivity contribution in [2.24, 2.45) is 0 Å². The highest BCUT2D eigenvalue weighted by Gasteiger charge is 1.92. The molecular formula is C18H26O. The van der Waals surface area contributed by atoms with Crippen LogP contribution < -0.4 is 0 Å². The van der Waals surface area contributed by atoms with Gasteiger partial charge in [0.15, 0.2) is 6.10 Å². The Kier molecular flexibility index (Phi) is 13.6. The highest BCUT2D eigenvalue weighted by molar-refractivity contribution is 5.15. The molecule has 0 spiro atoms. The van der Waals surface area contributed by atoms with Gasteiger partial charge in [-0.1, -0.05) is 62.7 Å². The first-order valence-electron chi connectivity index (χ1n) is 7.37. The van der Waals surface area contributed by atoms with Crippen LogP contribution in [-0.2, 0) is 0 Å². The lowest BCUT2D eigenvalue weighted by atomic mass is 10.1. The van der Waals surface area contributed by atoms with Gasteiger partial charge in [-0.15, -0.1) is 18.8 Å². The van der Waals surface area contributed by atoms with Crippen molar-refractivity contribution in [1.29, 1.82) is 0 Å². The molecule has 0 saturated carbocycles. The number of aliphatic hydroxyl groups excluding tert-OH is 1. The normalized spacial score (nSPS) is 10.9. The van der Waals surface area contributed by atoms with E-state index in [9.17, 15) is 0 Å². The summed E-state index contributed by atoms with van der Waals surface area (Å²) >= 11 is 0. The van der Waals surface area contributed by atoms with E-state index in [2.05, 4.69) is 23.7 Å². The first-order chi connectivity index (χ1) is 9.31. The molecule has 0 aliphatic carbocycles. The smallest absolute Gasteiger partial charge is 0.176 e. The van der Waals surface area contributed by atoms with Crippen LogP contribution >= 0.6 is 0 Å². The van der Waals surface area contributed by atoms with E-state index in [4.69, 9.17) is 18.0 Å². The summed E-state index contributed by atoms with van der Waals surface area (Å²) < 4.78 is 0. The molecule has 0 rings (SSSR count). The Labute approximate surface area is 119 Å². The first-order valence-corrected chi connectivity index (χ1v) is 7.37. The second kappa shape index (κ2) is 14.7. The summed E-state index contributed by atoms with van der Waals surface area (Å²) in [5.41, 5.74) is 0. The monoisotopic (exact) mass is 258 g/mol. The molecule has 0 radical (unpaired) electrons. The molecule has 1 heteroatoms. The number of hydrogen-bond acceptors (Lipinski definition) is 1. The molecule has 19 heavy (non-hydrogen) atoms. The van der Waals surface area contributed by atoms with Crippen molar-refractivity contribution < 1.29 is 5.11 Å². The Balaban J connectivity index is 3.13. The van der Waals surface area contributed by atoms with E-state index in [1.807, 2.05) is 0 Å². The van der Waals surface area contributed by atoms with E-state index < -0.39 is 6.10 Å². The number of terminal acetylenes is 2. The lowest BCUT2D eigenvalue weighted by Crippen LogP contribution is -1.96. The zero-order valence-electron chi connectivity index (χ0n) is 12.0. The summed E-state index contributed by atoms with van der Waals surface area (Å²) in [6.45, 7) is 0. The summed E-state index contributed by atoms with van der Waals surface area (Å²) in [5.74, 6) is 10.4. The number of aliphatic hydroxyl groups is 1. The molecule has 0 aromatic heterocycles. The molecule has 0 bridgehead atoms. The van der Waals surface area contributed by atoms with E-state index in [1.165, 1.54) is 51.4 Å². The van der Waals surface area contributed by atoms with E-state index in [-0.39, 0.29) is 0 Å². The van der Waals surface area contributed by atoms with Crippen LogP contribution in [0.2, 0.25) is 0 Å². The summed E-state index contributed by atoms with van der Waals surface area (Å²) in [6, 6.07) is 0. The van der Waals surface area contributed by atoms with E-state index in [1.54, 1.807) is 0 Å². The maximum Gasteiger partial charge on any atom is 0.176 e. The van der Waals surface area contributed by atoms with Gasteiger partial charge in [0.05, 0.1) is 0 Å². The number of hydrogen-bond donors (Lipinski definition) is 1. The Hall–Kier alpha value is -1.36. The fourth-order valence-corrected chi connectivity index (χ4v) is 1.89. The number of unbranched alkanes of at least 4 members (excludes halogenated alkanes) is 10. The third-order valence-electron chi connectivity index (χ3n) is 3.02. The number of rotatable bonds is 10. The quantitative estimate of drug-likeness (QED) is 0.465.